The summed E-state index contributed by atoms with van der Waals surface area (Å²) in [4.78, 5) is 27.6. The van der Waals surface area contributed by atoms with E-state index in [-0.39, 0.29) is 38.1 Å². The van der Waals surface area contributed by atoms with Gasteiger partial charge in [0.05, 0.1) is 21.3 Å². The number of pyridine rings is 1. The van der Waals surface area contributed by atoms with E-state index in [2.05, 4.69) is 10.3 Å². The van der Waals surface area contributed by atoms with E-state index in [1.165, 1.54) is 30.5 Å². The quantitative estimate of drug-likeness (QED) is 0.564. The predicted octanol–water partition coefficient (Wildman–Crippen LogP) is 4.50. The van der Waals surface area contributed by atoms with Crippen molar-refractivity contribution in [2.75, 3.05) is 11.9 Å². The third-order valence-corrected chi connectivity index (χ3v) is 4.11. The van der Waals surface area contributed by atoms with Crippen molar-refractivity contribution in [3.05, 3.63) is 52.1 Å². The number of nitrogens with one attached hydrogen (secondary N) is 1. The van der Waals surface area contributed by atoms with Gasteiger partial charge in [0.1, 0.15) is 5.03 Å². The Labute approximate surface area is 155 Å². The van der Waals surface area contributed by atoms with Gasteiger partial charge in [0.25, 0.3) is 11.7 Å². The zero-order valence-electron chi connectivity index (χ0n) is 12.3. The van der Waals surface area contributed by atoms with Gasteiger partial charge in [-0.25, -0.2) is 9.78 Å². The van der Waals surface area contributed by atoms with Crippen LogP contribution >= 0.6 is 35.0 Å². The summed E-state index contributed by atoms with van der Waals surface area (Å²) in [6, 6.07) is 7.33. The second-order valence-corrected chi connectivity index (χ2v) is 6.25. The van der Waals surface area contributed by atoms with Gasteiger partial charge in [-0.15, -0.1) is 0 Å². The number of benzene rings is 1. The lowest BCUT2D eigenvalue weighted by molar-refractivity contribution is -0.119. The molecule has 0 saturated carbocycles. The molecule has 1 aromatic carbocycles. The first-order chi connectivity index (χ1) is 11.9. The molecular formula is C15H10Cl2F2N2O3S. The molecule has 2 aromatic rings. The van der Waals surface area contributed by atoms with Gasteiger partial charge in [0.15, 0.2) is 6.61 Å². The van der Waals surface area contributed by atoms with E-state index in [0.717, 1.165) is 0 Å². The summed E-state index contributed by atoms with van der Waals surface area (Å²) >= 11 is 11.9. The third kappa shape index (κ3) is 5.55. The minimum absolute atomic E-state index is 0.113. The average Bonchev–Trinajstić information content (AvgIpc) is 2.56. The fraction of sp³-hybridized carbons (Fsp3) is 0.133. The second-order valence-electron chi connectivity index (χ2n) is 4.46. The first-order valence-corrected chi connectivity index (χ1v) is 8.33. The zero-order chi connectivity index (χ0) is 18.4. The van der Waals surface area contributed by atoms with E-state index in [1.54, 1.807) is 6.07 Å². The van der Waals surface area contributed by atoms with Crippen LogP contribution in [0.5, 0.6) is 0 Å². The summed E-state index contributed by atoms with van der Waals surface area (Å²) in [6.07, 6.45) is 1.27. The van der Waals surface area contributed by atoms with Gasteiger partial charge < -0.3 is 10.1 Å². The standard InChI is InChI=1S/C15H10Cl2F2N2O3S/c16-9-4-1-5-10(17)12(9)21-11(22)7-24-14(23)8-3-2-6-20-13(8)25-15(18)19/h1-6,15H,7H2,(H,21,22). The van der Waals surface area contributed by atoms with Crippen LogP contribution in [0.15, 0.2) is 41.6 Å². The number of alkyl halides is 2. The van der Waals surface area contributed by atoms with E-state index in [4.69, 9.17) is 27.9 Å². The summed E-state index contributed by atoms with van der Waals surface area (Å²) in [5, 5.41) is 2.66. The monoisotopic (exact) mass is 406 g/mol. The third-order valence-electron chi connectivity index (χ3n) is 2.75. The van der Waals surface area contributed by atoms with Crippen LogP contribution in [-0.2, 0) is 9.53 Å². The fourth-order valence-electron chi connectivity index (χ4n) is 1.73. The molecular weight excluding hydrogens is 397 g/mol. The van der Waals surface area contributed by atoms with Crippen molar-refractivity contribution in [2.45, 2.75) is 10.8 Å². The Morgan fingerprint density at radius 1 is 1.20 bits per heavy atom. The highest BCUT2D eigenvalue weighted by Crippen LogP contribution is 2.30. The van der Waals surface area contributed by atoms with Gasteiger partial charge in [0, 0.05) is 6.20 Å². The van der Waals surface area contributed by atoms with Gasteiger partial charge in [-0.1, -0.05) is 29.3 Å². The van der Waals surface area contributed by atoms with Gasteiger partial charge in [-0.05, 0) is 36.0 Å². The summed E-state index contributed by atoms with van der Waals surface area (Å²) in [7, 11) is 0. The van der Waals surface area contributed by atoms with E-state index in [0.29, 0.717) is 0 Å². The van der Waals surface area contributed by atoms with E-state index >= 15 is 0 Å². The molecule has 0 aliphatic heterocycles. The summed E-state index contributed by atoms with van der Waals surface area (Å²) in [5.74, 6) is -4.38. The largest absolute Gasteiger partial charge is 0.452 e. The Balaban J connectivity index is 1.99. The van der Waals surface area contributed by atoms with Gasteiger partial charge in [-0.2, -0.15) is 8.78 Å². The predicted molar refractivity (Wildman–Crippen MR) is 91.5 cm³/mol. The molecule has 25 heavy (non-hydrogen) atoms. The number of esters is 1. The SMILES string of the molecule is O=C(COC(=O)c1cccnc1SC(F)F)Nc1c(Cl)cccc1Cl. The maximum atomic E-state index is 12.5. The molecule has 1 amide bonds. The summed E-state index contributed by atoms with van der Waals surface area (Å²) < 4.78 is 29.8. The normalized spacial score (nSPS) is 10.6. The van der Waals surface area contributed by atoms with Crippen molar-refractivity contribution in [1.82, 2.24) is 4.98 Å². The highest BCUT2D eigenvalue weighted by Gasteiger charge is 2.19. The molecule has 0 aliphatic carbocycles. The number of para-hydroxylation sites is 1. The van der Waals surface area contributed by atoms with Crippen molar-refractivity contribution in [3.63, 3.8) is 0 Å². The lowest BCUT2D eigenvalue weighted by Gasteiger charge is -2.10. The number of halogens is 4. The number of hydrogen-bond donors (Lipinski definition) is 1. The minimum Gasteiger partial charge on any atom is -0.452 e. The number of carbonyl (C=O) groups is 2. The van der Waals surface area contributed by atoms with Crippen LogP contribution in [0.1, 0.15) is 10.4 Å². The molecule has 132 valence electrons. The number of anilines is 1. The van der Waals surface area contributed by atoms with Crippen LogP contribution in [0.3, 0.4) is 0 Å². The molecule has 0 radical (unpaired) electrons. The molecule has 0 unspecified atom stereocenters. The van der Waals surface area contributed by atoms with Crippen molar-refractivity contribution < 1.29 is 23.1 Å². The number of thioether (sulfide) groups is 1. The number of nitrogens with zero attached hydrogens (tertiary/aromatic N) is 1. The molecule has 0 atom stereocenters. The lowest BCUT2D eigenvalue weighted by Crippen LogP contribution is -2.21. The van der Waals surface area contributed by atoms with E-state index in [1.807, 2.05) is 0 Å². The Bertz CT molecular complexity index is 773. The maximum absolute atomic E-state index is 12.5. The Kier molecular flexibility index (Phi) is 6.98. The molecule has 0 aliphatic rings. The average molecular weight is 407 g/mol. The van der Waals surface area contributed by atoms with Crippen LogP contribution in [0.2, 0.25) is 10.0 Å². The molecule has 1 N–H and O–H groups in total. The lowest BCUT2D eigenvalue weighted by atomic mass is 10.3. The number of rotatable bonds is 6. The smallest absolute Gasteiger partial charge is 0.341 e. The Hall–Kier alpha value is -1.90. The second kappa shape index (κ2) is 8.98. The number of amides is 1. The molecule has 0 saturated heterocycles. The molecule has 10 heteroatoms. The molecule has 0 spiro atoms. The highest BCUT2D eigenvalue weighted by atomic mass is 35.5. The fourth-order valence-corrected chi connectivity index (χ4v) is 2.79. The summed E-state index contributed by atoms with van der Waals surface area (Å²) in [5.41, 5.74) is 0.0265. The van der Waals surface area contributed by atoms with Crippen LogP contribution in [-0.4, -0.2) is 29.2 Å². The number of carbonyl (C=O) groups excluding carboxylic acids is 2. The van der Waals surface area contributed by atoms with Gasteiger partial charge >= 0.3 is 5.97 Å². The molecule has 0 fully saturated rings. The maximum Gasteiger partial charge on any atom is 0.341 e. The number of aromatic nitrogens is 1. The Morgan fingerprint density at radius 3 is 2.52 bits per heavy atom. The van der Waals surface area contributed by atoms with Crippen molar-refractivity contribution >= 4 is 52.5 Å². The molecule has 2 rings (SSSR count). The van der Waals surface area contributed by atoms with Gasteiger partial charge in [0.2, 0.25) is 0 Å². The topological polar surface area (TPSA) is 68.3 Å². The number of ether oxygens (including phenoxy) is 1. The zero-order valence-corrected chi connectivity index (χ0v) is 14.7. The van der Waals surface area contributed by atoms with Crippen LogP contribution in [0, 0.1) is 0 Å². The molecule has 5 nitrogen and oxygen atoms in total. The van der Waals surface area contributed by atoms with Crippen molar-refractivity contribution in [2.24, 2.45) is 0 Å². The first-order valence-electron chi connectivity index (χ1n) is 6.69. The van der Waals surface area contributed by atoms with Crippen molar-refractivity contribution in [3.8, 4) is 0 Å². The highest BCUT2D eigenvalue weighted by molar-refractivity contribution is 7.99. The van der Waals surface area contributed by atoms with E-state index in [9.17, 15) is 18.4 Å². The van der Waals surface area contributed by atoms with E-state index < -0.39 is 24.2 Å². The Morgan fingerprint density at radius 2 is 1.88 bits per heavy atom. The molecule has 0 bridgehead atoms. The van der Waals surface area contributed by atoms with Crippen molar-refractivity contribution in [1.29, 1.82) is 0 Å². The summed E-state index contributed by atoms with van der Waals surface area (Å²) in [6.45, 7) is -0.645. The first kappa shape index (κ1) is 19.4. The number of hydrogen-bond acceptors (Lipinski definition) is 5. The van der Waals surface area contributed by atoms with Crippen LogP contribution in [0.4, 0.5) is 14.5 Å². The molecule has 1 heterocycles. The van der Waals surface area contributed by atoms with Gasteiger partial charge in [-0.3, -0.25) is 4.79 Å². The minimum atomic E-state index is -2.74. The van der Waals surface area contributed by atoms with Crippen LogP contribution in [0.25, 0.3) is 0 Å². The molecule has 1 aromatic heterocycles. The van der Waals surface area contributed by atoms with Crippen LogP contribution < -0.4 is 5.32 Å².